The lowest BCUT2D eigenvalue weighted by molar-refractivity contribution is -0.117. The Kier molecular flexibility index (Phi) is 7.59. The first-order valence-corrected chi connectivity index (χ1v) is 13.5. The molecule has 15 heteroatoms. The van der Waals surface area contributed by atoms with Crippen LogP contribution in [-0.4, -0.2) is 64.3 Å². The molecule has 0 aliphatic heterocycles. The maximum atomic E-state index is 12.2. The van der Waals surface area contributed by atoms with E-state index in [0.29, 0.717) is 17.0 Å². The second-order valence-electron chi connectivity index (χ2n) is 9.04. The number of carbonyl (C=O) groups excluding carboxylic acids is 2. The summed E-state index contributed by atoms with van der Waals surface area (Å²) in [5.74, 6) is -0.309. The Labute approximate surface area is 219 Å². The molecule has 14 nitrogen and oxygen atoms in total. The van der Waals surface area contributed by atoms with E-state index < -0.39 is 15.9 Å². The van der Waals surface area contributed by atoms with Gasteiger partial charge in [-0.25, -0.2) is 8.42 Å². The van der Waals surface area contributed by atoms with Crippen molar-refractivity contribution >= 4 is 39.0 Å². The molecule has 0 bridgehead atoms. The smallest absolute Gasteiger partial charge is 0.271 e. The van der Waals surface area contributed by atoms with Gasteiger partial charge in [0.2, 0.25) is 27.6 Å². The molecule has 1 aliphatic carbocycles. The zero-order valence-electron chi connectivity index (χ0n) is 21.3. The van der Waals surface area contributed by atoms with E-state index in [1.54, 1.807) is 32.0 Å². The van der Waals surface area contributed by atoms with Gasteiger partial charge in [0.15, 0.2) is 17.3 Å². The average molecular weight is 545 g/mol. The number of primary amides is 1. The summed E-state index contributed by atoms with van der Waals surface area (Å²) >= 11 is 0. The Morgan fingerprint density at radius 1 is 1.24 bits per heavy atom. The van der Waals surface area contributed by atoms with Gasteiger partial charge in [-0.2, -0.15) is 9.29 Å². The van der Waals surface area contributed by atoms with Crippen LogP contribution in [0.25, 0.3) is 11.4 Å². The molecule has 1 aromatic carbocycles. The third kappa shape index (κ3) is 6.06. The SMILES string of the molecule is COc1c(Nc2cc(NC(=O)C3CC3)nnc2C(N)=O)cccc1-c1noc(CN(C(C)C)S(C)(=O)=O)n1. The largest absolute Gasteiger partial charge is 0.494 e. The minimum Gasteiger partial charge on any atom is -0.494 e. The van der Waals surface area contributed by atoms with Crippen LogP contribution in [-0.2, 0) is 21.4 Å². The normalized spacial score (nSPS) is 13.5. The molecule has 1 aliphatic rings. The molecule has 38 heavy (non-hydrogen) atoms. The molecule has 2 amide bonds. The molecular weight excluding hydrogens is 516 g/mol. The Balaban J connectivity index is 1.64. The van der Waals surface area contributed by atoms with Crippen molar-refractivity contribution in [2.24, 2.45) is 11.7 Å². The summed E-state index contributed by atoms with van der Waals surface area (Å²) < 4.78 is 36.4. The number of para-hydroxylation sites is 1. The number of nitrogens with zero attached hydrogens (tertiary/aromatic N) is 5. The summed E-state index contributed by atoms with van der Waals surface area (Å²) in [5, 5.41) is 17.5. The number of carbonyl (C=O) groups is 2. The van der Waals surface area contributed by atoms with Gasteiger partial charge in [-0.15, -0.1) is 10.2 Å². The summed E-state index contributed by atoms with van der Waals surface area (Å²) in [7, 11) is -2.06. The van der Waals surface area contributed by atoms with Gasteiger partial charge >= 0.3 is 0 Å². The van der Waals surface area contributed by atoms with Crippen molar-refractivity contribution in [3.8, 4) is 17.1 Å². The predicted molar refractivity (Wildman–Crippen MR) is 137 cm³/mol. The van der Waals surface area contributed by atoms with Gasteiger partial charge in [0.25, 0.3) is 5.91 Å². The number of sulfonamides is 1. The number of nitrogens with two attached hydrogens (primary N) is 1. The van der Waals surface area contributed by atoms with Crippen LogP contribution in [0.2, 0.25) is 0 Å². The fourth-order valence-corrected chi connectivity index (χ4v) is 4.84. The number of hydrogen-bond acceptors (Lipinski definition) is 11. The van der Waals surface area contributed by atoms with Gasteiger partial charge in [-0.3, -0.25) is 9.59 Å². The summed E-state index contributed by atoms with van der Waals surface area (Å²) in [6.07, 6.45) is 2.74. The molecule has 1 saturated carbocycles. The van der Waals surface area contributed by atoms with Crippen molar-refractivity contribution < 1.29 is 27.3 Å². The monoisotopic (exact) mass is 544 g/mol. The van der Waals surface area contributed by atoms with E-state index in [4.69, 9.17) is 15.0 Å². The van der Waals surface area contributed by atoms with Crippen LogP contribution in [0.1, 0.15) is 43.1 Å². The number of rotatable bonds is 11. The number of aromatic nitrogens is 4. The zero-order chi connectivity index (χ0) is 27.6. The third-order valence-electron chi connectivity index (χ3n) is 5.72. The molecular formula is C23H28N8O6S. The van der Waals surface area contributed by atoms with Gasteiger partial charge in [0, 0.05) is 18.0 Å². The molecule has 3 aromatic rings. The predicted octanol–water partition coefficient (Wildman–Crippen LogP) is 1.90. The van der Waals surface area contributed by atoms with Crippen molar-refractivity contribution in [3.63, 3.8) is 0 Å². The third-order valence-corrected chi connectivity index (χ3v) is 7.12. The summed E-state index contributed by atoms with van der Waals surface area (Å²) in [4.78, 5) is 28.5. The van der Waals surface area contributed by atoms with Gasteiger partial charge in [0.1, 0.15) is 0 Å². The molecule has 0 spiro atoms. The van der Waals surface area contributed by atoms with Crippen molar-refractivity contribution in [3.05, 3.63) is 35.9 Å². The highest BCUT2D eigenvalue weighted by Gasteiger charge is 2.30. The van der Waals surface area contributed by atoms with Crippen LogP contribution in [0.3, 0.4) is 0 Å². The Morgan fingerprint density at radius 2 is 1.97 bits per heavy atom. The van der Waals surface area contributed by atoms with Gasteiger partial charge in [0.05, 0.1) is 36.8 Å². The van der Waals surface area contributed by atoms with E-state index in [1.807, 2.05) is 0 Å². The zero-order valence-corrected chi connectivity index (χ0v) is 22.1. The first-order valence-electron chi connectivity index (χ1n) is 11.7. The van der Waals surface area contributed by atoms with E-state index in [-0.39, 0.29) is 53.3 Å². The molecule has 202 valence electrons. The molecule has 2 aromatic heterocycles. The van der Waals surface area contributed by atoms with Gasteiger partial charge in [-0.1, -0.05) is 11.2 Å². The van der Waals surface area contributed by atoms with Crippen molar-refractivity contribution in [1.82, 2.24) is 24.6 Å². The maximum absolute atomic E-state index is 12.2. The van der Waals surface area contributed by atoms with Crippen molar-refractivity contribution in [1.29, 1.82) is 0 Å². The van der Waals surface area contributed by atoms with Crippen LogP contribution in [0, 0.1) is 5.92 Å². The molecule has 0 atom stereocenters. The lowest BCUT2D eigenvalue weighted by atomic mass is 10.1. The second kappa shape index (κ2) is 10.7. The summed E-state index contributed by atoms with van der Waals surface area (Å²) in [6, 6.07) is 6.21. The standard InChI is InChI=1S/C23H28N8O6S/c1-12(2)31(38(4,34)35)11-18-27-22(30-37-18)14-6-5-7-15(20(14)36-3)25-16-10-17(26-23(33)13-8-9-13)28-29-19(16)21(24)32/h5-7,10,12-13H,8-9,11H2,1-4H3,(H2,24,32)(H2,25,26,28,33). The molecule has 4 rings (SSSR count). The minimum atomic E-state index is -3.50. The Bertz CT molecular complexity index is 1470. The summed E-state index contributed by atoms with van der Waals surface area (Å²) in [6.45, 7) is 3.39. The number of methoxy groups -OCH3 is 1. The quantitative estimate of drug-likeness (QED) is 0.319. The van der Waals surface area contributed by atoms with E-state index in [9.17, 15) is 18.0 Å². The van der Waals surface area contributed by atoms with Crippen LogP contribution >= 0.6 is 0 Å². The number of nitrogens with one attached hydrogen (secondary N) is 2. The van der Waals surface area contributed by atoms with Crippen LogP contribution in [0.5, 0.6) is 5.75 Å². The van der Waals surface area contributed by atoms with Crippen LogP contribution in [0.4, 0.5) is 17.2 Å². The van der Waals surface area contributed by atoms with E-state index >= 15 is 0 Å². The highest BCUT2D eigenvalue weighted by molar-refractivity contribution is 7.88. The topological polar surface area (TPSA) is 196 Å². The van der Waals surface area contributed by atoms with Gasteiger partial charge < -0.3 is 25.6 Å². The number of hydrogen-bond donors (Lipinski definition) is 3. The molecule has 0 saturated heterocycles. The minimum absolute atomic E-state index is 0.0503. The Hall–Kier alpha value is -4.11. The molecule has 0 radical (unpaired) electrons. The average Bonchev–Trinajstić information content (AvgIpc) is 3.60. The highest BCUT2D eigenvalue weighted by Crippen LogP contribution is 2.37. The summed E-state index contributed by atoms with van der Waals surface area (Å²) in [5.41, 5.74) is 6.39. The highest BCUT2D eigenvalue weighted by atomic mass is 32.2. The molecule has 0 unspecified atom stereocenters. The first kappa shape index (κ1) is 26.9. The number of ether oxygens (including phenoxy) is 1. The molecule has 4 N–H and O–H groups in total. The van der Waals surface area contributed by atoms with E-state index in [0.717, 1.165) is 19.1 Å². The lowest BCUT2D eigenvalue weighted by Gasteiger charge is -2.21. The first-order chi connectivity index (χ1) is 18.0. The fraction of sp³-hybridized carbons (Fsp3) is 0.391. The number of anilines is 3. The van der Waals surface area contributed by atoms with Crippen LogP contribution < -0.4 is 21.1 Å². The van der Waals surface area contributed by atoms with Crippen molar-refractivity contribution in [2.45, 2.75) is 39.3 Å². The van der Waals surface area contributed by atoms with Gasteiger partial charge in [-0.05, 0) is 38.8 Å². The van der Waals surface area contributed by atoms with Crippen molar-refractivity contribution in [2.75, 3.05) is 24.0 Å². The molecule has 2 heterocycles. The number of amides is 2. The number of benzene rings is 1. The Morgan fingerprint density at radius 3 is 2.58 bits per heavy atom. The van der Waals surface area contributed by atoms with Crippen LogP contribution in [0.15, 0.2) is 28.8 Å². The van der Waals surface area contributed by atoms with E-state index in [1.165, 1.54) is 17.5 Å². The maximum Gasteiger partial charge on any atom is 0.271 e. The molecule has 1 fully saturated rings. The second-order valence-corrected chi connectivity index (χ2v) is 11.0. The lowest BCUT2D eigenvalue weighted by Crippen LogP contribution is -2.35. The fourth-order valence-electron chi connectivity index (χ4n) is 3.72. The van der Waals surface area contributed by atoms with E-state index in [2.05, 4.69) is 31.0 Å².